The zero-order chi connectivity index (χ0) is 13.8. The molecule has 20 heavy (non-hydrogen) atoms. The van der Waals surface area contributed by atoms with Gasteiger partial charge in [-0.3, -0.25) is 15.0 Å². The Morgan fingerprint density at radius 1 is 1.40 bits per heavy atom. The molecule has 106 valence electrons. The van der Waals surface area contributed by atoms with E-state index in [0.29, 0.717) is 16.1 Å². The molecule has 0 aliphatic carbocycles. The molecule has 0 saturated heterocycles. The zero-order valence-corrected chi connectivity index (χ0v) is 12.4. The molecule has 2 rings (SSSR count). The molecule has 1 heterocycles. The maximum Gasteiger partial charge on any atom is 0.244 e. The van der Waals surface area contributed by atoms with Crippen molar-refractivity contribution in [1.82, 2.24) is 4.57 Å². The van der Waals surface area contributed by atoms with Crippen molar-refractivity contribution in [3.8, 4) is 0 Å². The molecule has 0 unspecified atom stereocenters. The minimum atomic E-state index is -0.224. The van der Waals surface area contributed by atoms with Gasteiger partial charge in [-0.2, -0.15) is 0 Å². The molecule has 0 saturated carbocycles. The van der Waals surface area contributed by atoms with Gasteiger partial charge in [0, 0.05) is 22.8 Å². The van der Waals surface area contributed by atoms with Gasteiger partial charge in [-0.15, -0.1) is 23.7 Å². The Labute approximate surface area is 126 Å². The minimum Gasteiger partial charge on any atom is -0.325 e. The van der Waals surface area contributed by atoms with E-state index in [4.69, 9.17) is 5.41 Å². The number of nitrogens with zero attached hydrogens (tertiary/aromatic N) is 1. The first-order chi connectivity index (χ1) is 9.06. The van der Waals surface area contributed by atoms with Gasteiger partial charge in [0.15, 0.2) is 10.6 Å². The van der Waals surface area contributed by atoms with Crippen LogP contribution in [-0.2, 0) is 11.3 Å². The third-order valence-corrected chi connectivity index (χ3v) is 3.26. The van der Waals surface area contributed by atoms with E-state index >= 15 is 0 Å². The lowest BCUT2D eigenvalue weighted by Gasteiger charge is -2.06. The number of halogens is 1. The van der Waals surface area contributed by atoms with E-state index in [1.165, 1.54) is 18.3 Å². The van der Waals surface area contributed by atoms with E-state index in [9.17, 15) is 9.59 Å². The number of ketones is 1. The Morgan fingerprint density at radius 3 is 2.75 bits per heavy atom. The molecule has 5 nitrogen and oxygen atoms in total. The van der Waals surface area contributed by atoms with Crippen LogP contribution < -0.4 is 10.1 Å². The van der Waals surface area contributed by atoms with E-state index in [1.54, 1.807) is 40.4 Å². The number of hydrogen-bond acceptors (Lipinski definition) is 4. The fourth-order valence-corrected chi connectivity index (χ4v) is 2.20. The molecule has 0 aliphatic heterocycles. The largest absolute Gasteiger partial charge is 0.325 e. The number of rotatable bonds is 4. The van der Waals surface area contributed by atoms with Crippen LogP contribution in [0.3, 0.4) is 0 Å². The molecule has 2 aromatic rings. The molecule has 1 amide bonds. The lowest BCUT2D eigenvalue weighted by molar-refractivity contribution is -0.116. The normalized spacial score (nSPS) is 9.65. The molecule has 1 aromatic carbocycles. The molecule has 0 aliphatic rings. The molecule has 0 atom stereocenters. The molecule has 0 spiro atoms. The van der Waals surface area contributed by atoms with Gasteiger partial charge in [0.25, 0.3) is 0 Å². The molecule has 1 aromatic heterocycles. The van der Waals surface area contributed by atoms with Crippen LogP contribution >= 0.6 is 23.7 Å². The number of thiazole rings is 1. The summed E-state index contributed by atoms with van der Waals surface area (Å²) in [6, 6.07) is 6.79. The van der Waals surface area contributed by atoms with Gasteiger partial charge in [-0.05, 0) is 19.1 Å². The molecule has 0 bridgehead atoms. The van der Waals surface area contributed by atoms with Gasteiger partial charge in [-0.1, -0.05) is 12.1 Å². The molecule has 7 heteroatoms. The van der Waals surface area contributed by atoms with Crippen molar-refractivity contribution >= 4 is 41.1 Å². The van der Waals surface area contributed by atoms with Crippen LogP contribution in [0.4, 0.5) is 5.69 Å². The summed E-state index contributed by atoms with van der Waals surface area (Å²) < 4.78 is 1.55. The smallest absolute Gasteiger partial charge is 0.244 e. The lowest BCUT2D eigenvalue weighted by atomic mass is 10.1. The highest BCUT2D eigenvalue weighted by molar-refractivity contribution is 7.06. The Bertz CT molecular complexity index is 678. The number of amides is 1. The van der Waals surface area contributed by atoms with Crippen LogP contribution in [0.25, 0.3) is 0 Å². The summed E-state index contributed by atoms with van der Waals surface area (Å²) in [7, 11) is 0. The Balaban J connectivity index is 0.00000200. The minimum absolute atomic E-state index is 0. The highest BCUT2D eigenvalue weighted by Crippen LogP contribution is 2.11. The topological polar surface area (TPSA) is 75.0 Å². The standard InChI is InChI=1S/C13H13N3O2S.ClH/c1-9(17)10-3-2-4-11(7-10)15-12(18)8-16-5-6-19-13(16)14;/h2-7,14H,8H2,1H3,(H,15,18);1H. The predicted octanol–water partition coefficient (Wildman–Crippen LogP) is 2.29. The van der Waals surface area contributed by atoms with Crippen molar-refractivity contribution in [2.75, 3.05) is 5.32 Å². The summed E-state index contributed by atoms with van der Waals surface area (Å²) in [5.74, 6) is -0.269. The van der Waals surface area contributed by atoms with Crippen molar-refractivity contribution in [2.24, 2.45) is 0 Å². The van der Waals surface area contributed by atoms with Crippen molar-refractivity contribution < 1.29 is 9.59 Å². The van der Waals surface area contributed by atoms with Gasteiger partial charge in [0.1, 0.15) is 6.54 Å². The summed E-state index contributed by atoms with van der Waals surface area (Å²) in [6.45, 7) is 1.57. The van der Waals surface area contributed by atoms with E-state index in [-0.39, 0.29) is 30.6 Å². The quantitative estimate of drug-likeness (QED) is 0.850. The second-order valence-corrected chi connectivity index (χ2v) is 4.92. The van der Waals surface area contributed by atoms with E-state index in [0.717, 1.165) is 0 Å². The van der Waals surface area contributed by atoms with Crippen molar-refractivity contribution in [2.45, 2.75) is 13.5 Å². The average molecular weight is 312 g/mol. The van der Waals surface area contributed by atoms with Crippen molar-refractivity contribution in [3.05, 3.63) is 46.2 Å². The van der Waals surface area contributed by atoms with Gasteiger partial charge < -0.3 is 9.88 Å². The second-order valence-electron chi connectivity index (χ2n) is 4.02. The predicted molar refractivity (Wildman–Crippen MR) is 80.5 cm³/mol. The number of hydrogen-bond donors (Lipinski definition) is 2. The Kier molecular flexibility index (Phi) is 5.66. The van der Waals surface area contributed by atoms with Crippen LogP contribution in [0.1, 0.15) is 17.3 Å². The number of aromatic nitrogens is 1. The third kappa shape index (κ3) is 4.04. The van der Waals surface area contributed by atoms with Crippen molar-refractivity contribution in [3.63, 3.8) is 0 Å². The number of anilines is 1. The summed E-state index contributed by atoms with van der Waals surface area (Å²) in [5, 5.41) is 12.0. The molecular weight excluding hydrogens is 298 g/mol. The fourth-order valence-electron chi connectivity index (χ4n) is 1.60. The summed E-state index contributed by atoms with van der Waals surface area (Å²) in [6.07, 6.45) is 1.69. The third-order valence-electron chi connectivity index (χ3n) is 2.55. The van der Waals surface area contributed by atoms with E-state index < -0.39 is 0 Å². The Hall–Kier alpha value is -1.92. The maximum absolute atomic E-state index is 11.8. The average Bonchev–Trinajstić information content (AvgIpc) is 2.75. The van der Waals surface area contributed by atoms with Crippen LogP contribution in [0.2, 0.25) is 0 Å². The summed E-state index contributed by atoms with van der Waals surface area (Å²) in [4.78, 5) is 23.4. The van der Waals surface area contributed by atoms with Crippen molar-refractivity contribution in [1.29, 1.82) is 5.41 Å². The molecule has 0 fully saturated rings. The number of carbonyl (C=O) groups excluding carboxylic acids is 2. The van der Waals surface area contributed by atoms with Crippen LogP contribution in [0.15, 0.2) is 35.8 Å². The van der Waals surface area contributed by atoms with Gasteiger partial charge in [0.2, 0.25) is 5.91 Å². The Morgan fingerprint density at radius 2 is 2.15 bits per heavy atom. The monoisotopic (exact) mass is 311 g/mol. The fraction of sp³-hybridized carbons (Fsp3) is 0.154. The highest BCUT2D eigenvalue weighted by Gasteiger charge is 2.06. The highest BCUT2D eigenvalue weighted by atomic mass is 35.5. The number of carbonyl (C=O) groups is 2. The van der Waals surface area contributed by atoms with Crippen LogP contribution in [0, 0.1) is 5.41 Å². The molecule has 2 N–H and O–H groups in total. The number of Topliss-reactive ketones (excluding diaryl/α,β-unsaturated/α-hetero) is 1. The first-order valence-corrected chi connectivity index (χ1v) is 6.53. The SMILES string of the molecule is CC(=O)c1cccc(NC(=O)Cn2ccsc2=N)c1.Cl. The molecular formula is C13H14ClN3O2S. The summed E-state index contributed by atoms with van der Waals surface area (Å²) >= 11 is 1.26. The first kappa shape index (κ1) is 16.1. The van der Waals surface area contributed by atoms with Gasteiger partial charge >= 0.3 is 0 Å². The van der Waals surface area contributed by atoms with E-state index in [1.807, 2.05) is 0 Å². The van der Waals surface area contributed by atoms with Gasteiger partial charge in [-0.25, -0.2) is 0 Å². The maximum atomic E-state index is 11.8. The molecule has 0 radical (unpaired) electrons. The van der Waals surface area contributed by atoms with Gasteiger partial charge in [0.05, 0.1) is 0 Å². The number of benzene rings is 1. The zero-order valence-electron chi connectivity index (χ0n) is 10.8. The summed E-state index contributed by atoms with van der Waals surface area (Å²) in [5.41, 5.74) is 1.14. The second kappa shape index (κ2) is 7.02. The van der Waals surface area contributed by atoms with Crippen LogP contribution in [0.5, 0.6) is 0 Å². The van der Waals surface area contributed by atoms with E-state index in [2.05, 4.69) is 5.32 Å². The first-order valence-electron chi connectivity index (χ1n) is 5.65. The van der Waals surface area contributed by atoms with Crippen LogP contribution in [-0.4, -0.2) is 16.3 Å². The number of nitrogens with one attached hydrogen (secondary N) is 2. The lowest BCUT2D eigenvalue weighted by Crippen LogP contribution is -2.23.